The summed E-state index contributed by atoms with van der Waals surface area (Å²) in [6.07, 6.45) is -3.67. The molecule has 0 aromatic heterocycles. The Labute approximate surface area is 55.1 Å². The van der Waals surface area contributed by atoms with Gasteiger partial charge in [-0.15, -0.1) is 0 Å². The van der Waals surface area contributed by atoms with Crippen LogP contribution in [0.2, 0.25) is 0 Å². The first kappa shape index (κ1) is 15.7. The minimum absolute atomic E-state index is 1.83. The van der Waals surface area contributed by atoms with Crippen molar-refractivity contribution >= 4 is 19.1 Å². The molecule has 0 fully saturated rings. The lowest BCUT2D eigenvalue weighted by molar-refractivity contribution is -0.0980. The first-order chi connectivity index (χ1) is 4.46. The van der Waals surface area contributed by atoms with Crippen LogP contribution in [-0.2, 0) is 4.79 Å². The summed E-state index contributed by atoms with van der Waals surface area (Å²) in [5.41, 5.74) is 0. The average Bonchev–Trinajstić information content (AvgIpc) is 1.66. The van der Waals surface area contributed by atoms with Gasteiger partial charge in [0, 0.05) is 0 Å². The van der Waals surface area contributed by atoms with Gasteiger partial charge in [0.25, 0.3) is 0 Å². The highest BCUT2D eigenvalue weighted by Crippen LogP contribution is 1.43. The van der Waals surface area contributed by atoms with Gasteiger partial charge in [0.2, 0.25) is 0 Å². The molecule has 0 saturated heterocycles. The predicted molar refractivity (Wildman–Crippen MR) is 28.4 cm³/mol. The second-order valence-electron chi connectivity index (χ2n) is 0.565. The Morgan fingerprint density at radius 2 is 0.800 bits per heavy atom. The SMILES string of the molecule is C=O.O=C(O)O.O=C(O)O. The molecule has 0 spiro atoms. The first-order valence-corrected chi connectivity index (χ1v) is 1.59. The smallest absolute Gasteiger partial charge is 0.450 e. The van der Waals surface area contributed by atoms with E-state index in [4.69, 9.17) is 34.8 Å². The zero-order valence-electron chi connectivity index (χ0n) is 4.72. The van der Waals surface area contributed by atoms with Crippen molar-refractivity contribution in [3.63, 3.8) is 0 Å². The Morgan fingerprint density at radius 1 is 0.800 bits per heavy atom. The largest absolute Gasteiger partial charge is 0.503 e. The van der Waals surface area contributed by atoms with Crippen LogP contribution in [0.1, 0.15) is 0 Å². The van der Waals surface area contributed by atoms with E-state index in [1.54, 1.807) is 0 Å². The van der Waals surface area contributed by atoms with Crippen LogP contribution in [0.3, 0.4) is 0 Å². The summed E-state index contributed by atoms with van der Waals surface area (Å²) in [6.45, 7) is 2.00. The molecule has 0 aromatic rings. The number of carbonyl (C=O) groups is 3. The lowest BCUT2D eigenvalue weighted by Gasteiger charge is -1.60. The molecule has 0 bridgehead atoms. The van der Waals surface area contributed by atoms with Crippen molar-refractivity contribution in [3.05, 3.63) is 0 Å². The van der Waals surface area contributed by atoms with Crippen LogP contribution in [0.25, 0.3) is 0 Å². The zero-order valence-corrected chi connectivity index (χ0v) is 4.72. The number of hydrogen-bond acceptors (Lipinski definition) is 3. The lowest BCUT2D eigenvalue weighted by Crippen LogP contribution is -1.81. The topological polar surface area (TPSA) is 132 Å². The molecular weight excluding hydrogens is 148 g/mol. The van der Waals surface area contributed by atoms with Gasteiger partial charge in [-0.3, -0.25) is 0 Å². The average molecular weight is 154 g/mol. The summed E-state index contributed by atoms with van der Waals surface area (Å²) in [5.74, 6) is 0. The molecule has 0 aromatic carbocycles. The van der Waals surface area contributed by atoms with E-state index in [0.29, 0.717) is 0 Å². The van der Waals surface area contributed by atoms with E-state index >= 15 is 0 Å². The highest BCUT2D eigenvalue weighted by molar-refractivity contribution is 5.53. The predicted octanol–water partition coefficient (Wildman–Crippen LogP) is 0.260. The van der Waals surface area contributed by atoms with Crippen molar-refractivity contribution in [2.45, 2.75) is 0 Å². The lowest BCUT2D eigenvalue weighted by atomic mass is 11.5. The second kappa shape index (κ2) is 15.7. The van der Waals surface area contributed by atoms with Crippen molar-refractivity contribution < 1.29 is 34.8 Å². The summed E-state index contributed by atoms with van der Waals surface area (Å²) < 4.78 is 0. The molecule has 0 saturated carbocycles. The van der Waals surface area contributed by atoms with Gasteiger partial charge >= 0.3 is 12.3 Å². The Kier molecular flexibility index (Phi) is 24.7. The number of carboxylic acid groups (broad SMARTS) is 4. The molecule has 0 aliphatic carbocycles. The first-order valence-electron chi connectivity index (χ1n) is 1.59. The molecular formula is C3H6O7. The Hall–Kier alpha value is -1.79. The van der Waals surface area contributed by atoms with E-state index in [1.807, 2.05) is 6.79 Å². The summed E-state index contributed by atoms with van der Waals surface area (Å²) in [5, 5.41) is 27.9. The van der Waals surface area contributed by atoms with E-state index in [1.165, 1.54) is 0 Å². The summed E-state index contributed by atoms with van der Waals surface area (Å²) >= 11 is 0. The van der Waals surface area contributed by atoms with Gasteiger partial charge < -0.3 is 25.2 Å². The van der Waals surface area contributed by atoms with Crippen LogP contribution >= 0.6 is 0 Å². The molecule has 0 radical (unpaired) electrons. The van der Waals surface area contributed by atoms with Crippen LogP contribution in [0, 0.1) is 0 Å². The van der Waals surface area contributed by atoms with E-state index in [-0.39, 0.29) is 0 Å². The quantitative estimate of drug-likeness (QED) is 0.393. The minimum Gasteiger partial charge on any atom is -0.450 e. The molecule has 60 valence electrons. The standard InChI is InChI=1S/2CH2O3.CH2O/c2*2-1(3)4;1-2/h2*(H2,2,3,4);1H2. The Morgan fingerprint density at radius 3 is 0.800 bits per heavy atom. The fourth-order valence-electron chi connectivity index (χ4n) is 0. The molecule has 0 heterocycles. The Bertz CT molecular complexity index is 77.0. The van der Waals surface area contributed by atoms with Crippen LogP contribution in [0.15, 0.2) is 0 Å². The summed E-state index contributed by atoms with van der Waals surface area (Å²) in [7, 11) is 0. The van der Waals surface area contributed by atoms with Gasteiger partial charge in [-0.1, -0.05) is 0 Å². The third-order valence-electron chi connectivity index (χ3n) is 0. The van der Waals surface area contributed by atoms with Gasteiger partial charge in [-0.2, -0.15) is 0 Å². The van der Waals surface area contributed by atoms with E-state index in [9.17, 15) is 0 Å². The maximum Gasteiger partial charge on any atom is 0.503 e. The molecule has 7 nitrogen and oxygen atoms in total. The highest BCUT2D eigenvalue weighted by atomic mass is 16.6. The van der Waals surface area contributed by atoms with Crippen molar-refractivity contribution in [1.82, 2.24) is 0 Å². The van der Waals surface area contributed by atoms with E-state index in [2.05, 4.69) is 0 Å². The normalized spacial score (nSPS) is 5.20. The zero-order chi connectivity index (χ0) is 9.15. The molecule has 7 heteroatoms. The third-order valence-corrected chi connectivity index (χ3v) is 0. The molecule has 0 aliphatic rings. The van der Waals surface area contributed by atoms with Gasteiger partial charge in [0.1, 0.15) is 6.79 Å². The van der Waals surface area contributed by atoms with Crippen LogP contribution in [0.4, 0.5) is 9.59 Å². The van der Waals surface area contributed by atoms with E-state index < -0.39 is 12.3 Å². The van der Waals surface area contributed by atoms with Crippen molar-refractivity contribution in [1.29, 1.82) is 0 Å². The van der Waals surface area contributed by atoms with Crippen LogP contribution in [0.5, 0.6) is 0 Å². The van der Waals surface area contributed by atoms with Crippen molar-refractivity contribution in [2.24, 2.45) is 0 Å². The molecule has 0 unspecified atom stereocenters. The summed E-state index contributed by atoms with van der Waals surface area (Å²) in [4.78, 5) is 25.1. The van der Waals surface area contributed by atoms with Crippen LogP contribution < -0.4 is 0 Å². The number of rotatable bonds is 0. The van der Waals surface area contributed by atoms with Gasteiger partial charge in [-0.05, 0) is 0 Å². The van der Waals surface area contributed by atoms with E-state index in [0.717, 1.165) is 0 Å². The molecule has 4 N–H and O–H groups in total. The number of carbonyl (C=O) groups excluding carboxylic acids is 1. The third kappa shape index (κ3) is 52.6. The molecule has 10 heavy (non-hydrogen) atoms. The Balaban J connectivity index is -0.0000000787. The molecule has 0 atom stereocenters. The molecule has 0 aliphatic heterocycles. The molecule has 0 amide bonds. The fraction of sp³-hybridized carbons (Fsp3) is 0. The van der Waals surface area contributed by atoms with Gasteiger partial charge in [0.05, 0.1) is 0 Å². The van der Waals surface area contributed by atoms with Crippen LogP contribution in [-0.4, -0.2) is 39.5 Å². The fourth-order valence-corrected chi connectivity index (χ4v) is 0. The maximum atomic E-state index is 8.56. The monoisotopic (exact) mass is 154 g/mol. The van der Waals surface area contributed by atoms with Gasteiger partial charge in [-0.25, -0.2) is 9.59 Å². The molecule has 0 rings (SSSR count). The number of hydrogen-bond donors (Lipinski definition) is 4. The maximum absolute atomic E-state index is 8.56. The highest BCUT2D eigenvalue weighted by Gasteiger charge is 1.70. The van der Waals surface area contributed by atoms with Crippen molar-refractivity contribution in [3.8, 4) is 0 Å². The second-order valence-corrected chi connectivity index (χ2v) is 0.565. The minimum atomic E-state index is -1.83. The van der Waals surface area contributed by atoms with Crippen molar-refractivity contribution in [2.75, 3.05) is 0 Å². The summed E-state index contributed by atoms with van der Waals surface area (Å²) in [6, 6.07) is 0. The van der Waals surface area contributed by atoms with Gasteiger partial charge in [0.15, 0.2) is 0 Å².